The minimum absolute atomic E-state index is 0.0236. The van der Waals surface area contributed by atoms with Crippen LogP contribution in [0.3, 0.4) is 0 Å². The Hall–Kier alpha value is -0.270. The van der Waals surface area contributed by atoms with E-state index < -0.39 is 6.43 Å². The van der Waals surface area contributed by atoms with Crippen LogP contribution >= 0.6 is 27.5 Å². The first-order chi connectivity index (χ1) is 9.97. The third-order valence-electron chi connectivity index (χ3n) is 3.23. The van der Waals surface area contributed by atoms with Crippen LogP contribution in [0.2, 0.25) is 5.02 Å². The number of rotatable bonds is 9. The van der Waals surface area contributed by atoms with E-state index in [1.165, 1.54) is 0 Å². The number of halogens is 4. The molecule has 7 heteroatoms. The van der Waals surface area contributed by atoms with E-state index in [0.29, 0.717) is 18.0 Å². The first-order valence-corrected chi connectivity index (χ1v) is 7.88. The van der Waals surface area contributed by atoms with Crippen molar-refractivity contribution in [1.82, 2.24) is 10.2 Å². The lowest BCUT2D eigenvalue weighted by molar-refractivity contribution is 0.0763. The van der Waals surface area contributed by atoms with Crippen LogP contribution in [0.5, 0.6) is 0 Å². The van der Waals surface area contributed by atoms with E-state index in [2.05, 4.69) is 21.2 Å². The van der Waals surface area contributed by atoms with Crippen molar-refractivity contribution >= 4 is 27.5 Å². The summed E-state index contributed by atoms with van der Waals surface area (Å²) in [5.41, 5.74) is 0.934. The van der Waals surface area contributed by atoms with Gasteiger partial charge in [0.15, 0.2) is 0 Å². The highest BCUT2D eigenvalue weighted by Crippen LogP contribution is 2.28. The lowest BCUT2D eigenvalue weighted by atomic mass is 10.0. The summed E-state index contributed by atoms with van der Waals surface area (Å²) >= 11 is 9.57. The molecule has 1 atom stereocenters. The molecule has 2 N–H and O–H groups in total. The van der Waals surface area contributed by atoms with Gasteiger partial charge in [0.25, 0.3) is 6.43 Å². The van der Waals surface area contributed by atoms with Crippen LogP contribution in [0, 0.1) is 0 Å². The van der Waals surface area contributed by atoms with Crippen molar-refractivity contribution < 1.29 is 13.9 Å². The fourth-order valence-corrected chi connectivity index (χ4v) is 2.99. The Balaban J connectivity index is 2.68. The van der Waals surface area contributed by atoms with Gasteiger partial charge in [0, 0.05) is 28.6 Å². The molecule has 0 radical (unpaired) electrons. The average Bonchev–Trinajstić information content (AvgIpc) is 2.40. The third-order valence-corrected chi connectivity index (χ3v) is 4.05. The Morgan fingerprint density at radius 2 is 2.10 bits per heavy atom. The van der Waals surface area contributed by atoms with Crippen molar-refractivity contribution in [1.29, 1.82) is 0 Å². The predicted octanol–water partition coefficient (Wildman–Crippen LogP) is 3.31. The summed E-state index contributed by atoms with van der Waals surface area (Å²) in [5, 5.41) is 12.7. The van der Waals surface area contributed by atoms with Gasteiger partial charge in [-0.2, -0.15) is 0 Å². The van der Waals surface area contributed by atoms with Gasteiger partial charge in [-0.1, -0.05) is 33.6 Å². The molecule has 0 saturated heterocycles. The highest BCUT2D eigenvalue weighted by molar-refractivity contribution is 9.10. The van der Waals surface area contributed by atoms with E-state index in [1.807, 2.05) is 25.2 Å². The number of aliphatic hydroxyl groups is 1. The van der Waals surface area contributed by atoms with Crippen molar-refractivity contribution in [2.75, 3.05) is 33.3 Å². The molecule has 1 rings (SSSR count). The van der Waals surface area contributed by atoms with Gasteiger partial charge in [0.05, 0.1) is 13.2 Å². The molecule has 3 nitrogen and oxygen atoms in total. The zero-order valence-electron chi connectivity index (χ0n) is 11.8. The Bertz CT molecular complexity index is 437. The fourth-order valence-electron chi connectivity index (χ4n) is 2.18. The SMILES string of the molecule is CNC(CCN(CCO)CC(F)F)c1ccc(Br)cc1Cl. The first-order valence-electron chi connectivity index (χ1n) is 6.71. The van der Waals surface area contributed by atoms with Crippen molar-refractivity contribution in [3.05, 3.63) is 33.3 Å². The normalized spacial score (nSPS) is 13.1. The molecule has 21 heavy (non-hydrogen) atoms. The Kier molecular flexibility index (Phi) is 8.66. The summed E-state index contributed by atoms with van der Waals surface area (Å²) in [6.45, 7) is 0.249. The highest BCUT2D eigenvalue weighted by atomic mass is 79.9. The number of benzene rings is 1. The number of hydrogen-bond donors (Lipinski definition) is 2. The molecule has 0 aliphatic carbocycles. The Labute approximate surface area is 137 Å². The van der Waals surface area contributed by atoms with Crippen molar-refractivity contribution in [2.24, 2.45) is 0 Å². The summed E-state index contributed by atoms with van der Waals surface area (Å²) in [5.74, 6) is 0. The fraction of sp³-hybridized carbons (Fsp3) is 0.571. The molecule has 0 spiro atoms. The number of hydrogen-bond acceptors (Lipinski definition) is 3. The number of aliphatic hydroxyl groups excluding tert-OH is 1. The molecule has 0 saturated carbocycles. The minimum Gasteiger partial charge on any atom is -0.395 e. The van der Waals surface area contributed by atoms with Gasteiger partial charge >= 0.3 is 0 Å². The molecule has 0 amide bonds. The van der Waals surface area contributed by atoms with Crippen LogP contribution < -0.4 is 5.32 Å². The monoisotopic (exact) mass is 384 g/mol. The van der Waals surface area contributed by atoms with E-state index in [-0.39, 0.29) is 25.7 Å². The molecule has 1 aromatic rings. The molecule has 0 aliphatic rings. The standard InChI is InChI=1S/C14H20BrClF2N2O/c1-19-13(11-3-2-10(15)8-12(11)16)4-5-20(6-7-21)9-14(17)18/h2-3,8,13-14,19,21H,4-7,9H2,1H3. The van der Waals surface area contributed by atoms with E-state index >= 15 is 0 Å². The van der Waals surface area contributed by atoms with Crippen LogP contribution in [-0.4, -0.2) is 49.7 Å². The van der Waals surface area contributed by atoms with Crippen molar-refractivity contribution in [3.63, 3.8) is 0 Å². The summed E-state index contributed by atoms with van der Waals surface area (Å²) in [7, 11) is 1.81. The molecular formula is C14H20BrClF2N2O. The van der Waals surface area contributed by atoms with Crippen LogP contribution in [0.1, 0.15) is 18.0 Å². The van der Waals surface area contributed by atoms with Gasteiger partial charge in [0.2, 0.25) is 0 Å². The maximum Gasteiger partial charge on any atom is 0.251 e. The lowest BCUT2D eigenvalue weighted by Gasteiger charge is -2.25. The number of alkyl halides is 2. The van der Waals surface area contributed by atoms with E-state index in [1.54, 1.807) is 4.90 Å². The first kappa shape index (κ1) is 18.8. The second-order valence-corrected chi connectivity index (χ2v) is 6.03. The second kappa shape index (κ2) is 9.69. The van der Waals surface area contributed by atoms with Crippen LogP contribution in [0.15, 0.2) is 22.7 Å². The quantitative estimate of drug-likeness (QED) is 0.684. The van der Waals surface area contributed by atoms with Gasteiger partial charge in [-0.15, -0.1) is 0 Å². The summed E-state index contributed by atoms with van der Waals surface area (Å²) < 4.78 is 25.9. The molecule has 0 aliphatic heterocycles. The van der Waals surface area contributed by atoms with Gasteiger partial charge in [-0.3, -0.25) is 4.90 Å². The minimum atomic E-state index is -2.40. The van der Waals surface area contributed by atoms with E-state index in [0.717, 1.165) is 10.0 Å². The van der Waals surface area contributed by atoms with Gasteiger partial charge in [-0.05, 0) is 31.2 Å². The molecule has 0 aromatic heterocycles. The van der Waals surface area contributed by atoms with Crippen LogP contribution in [0.25, 0.3) is 0 Å². The van der Waals surface area contributed by atoms with Crippen molar-refractivity contribution in [3.8, 4) is 0 Å². The Morgan fingerprint density at radius 1 is 1.38 bits per heavy atom. The van der Waals surface area contributed by atoms with Gasteiger partial charge in [0.1, 0.15) is 0 Å². The molecular weight excluding hydrogens is 366 g/mol. The second-order valence-electron chi connectivity index (χ2n) is 4.71. The largest absolute Gasteiger partial charge is 0.395 e. The zero-order chi connectivity index (χ0) is 15.8. The highest BCUT2D eigenvalue weighted by Gasteiger charge is 2.17. The molecule has 1 aromatic carbocycles. The lowest BCUT2D eigenvalue weighted by Crippen LogP contribution is -2.34. The zero-order valence-corrected chi connectivity index (χ0v) is 14.2. The Morgan fingerprint density at radius 3 is 2.62 bits per heavy atom. The summed E-state index contributed by atoms with van der Waals surface area (Å²) in [6, 6.07) is 5.60. The predicted molar refractivity (Wildman–Crippen MR) is 85.1 cm³/mol. The summed E-state index contributed by atoms with van der Waals surface area (Å²) in [4.78, 5) is 1.56. The maximum absolute atomic E-state index is 12.5. The topological polar surface area (TPSA) is 35.5 Å². The maximum atomic E-state index is 12.5. The molecule has 1 unspecified atom stereocenters. The van der Waals surface area contributed by atoms with E-state index in [9.17, 15) is 8.78 Å². The van der Waals surface area contributed by atoms with Crippen LogP contribution in [0.4, 0.5) is 8.78 Å². The molecule has 0 heterocycles. The smallest absolute Gasteiger partial charge is 0.251 e. The van der Waals surface area contributed by atoms with E-state index in [4.69, 9.17) is 16.7 Å². The number of nitrogens with zero attached hydrogens (tertiary/aromatic N) is 1. The van der Waals surface area contributed by atoms with Crippen LogP contribution in [-0.2, 0) is 0 Å². The molecule has 0 bridgehead atoms. The van der Waals surface area contributed by atoms with Crippen molar-refractivity contribution in [2.45, 2.75) is 18.9 Å². The van der Waals surface area contributed by atoms with Gasteiger partial charge < -0.3 is 10.4 Å². The summed E-state index contributed by atoms with van der Waals surface area (Å²) in [6.07, 6.45) is -1.77. The number of nitrogens with one attached hydrogen (secondary N) is 1. The average molecular weight is 386 g/mol. The molecule has 120 valence electrons. The van der Waals surface area contributed by atoms with Gasteiger partial charge in [-0.25, -0.2) is 8.78 Å². The molecule has 0 fully saturated rings. The third kappa shape index (κ3) is 6.57.